The van der Waals surface area contributed by atoms with Gasteiger partial charge in [0.15, 0.2) is 17.7 Å². The van der Waals surface area contributed by atoms with Crippen molar-refractivity contribution in [2.75, 3.05) is 6.54 Å². The van der Waals surface area contributed by atoms with Crippen LogP contribution >= 0.6 is 0 Å². The third-order valence-electron chi connectivity index (χ3n) is 4.19. The molecule has 0 aliphatic carbocycles. The molecule has 0 spiro atoms. The van der Waals surface area contributed by atoms with E-state index in [1.165, 1.54) is 11.0 Å². The van der Waals surface area contributed by atoms with Gasteiger partial charge in [0.2, 0.25) is 0 Å². The molecule has 0 saturated carbocycles. The van der Waals surface area contributed by atoms with Crippen LogP contribution < -0.4 is 4.74 Å². The Balaban J connectivity index is 1.76. The molecule has 0 aromatic heterocycles. The lowest BCUT2D eigenvalue weighted by atomic mass is 10.1. The van der Waals surface area contributed by atoms with Crippen LogP contribution in [-0.4, -0.2) is 34.5 Å². The van der Waals surface area contributed by atoms with Crippen LogP contribution in [0.4, 0.5) is 8.78 Å². The van der Waals surface area contributed by atoms with E-state index in [4.69, 9.17) is 9.84 Å². The second kappa shape index (κ2) is 7.51. The third-order valence-corrected chi connectivity index (χ3v) is 4.19. The number of hydrogen-bond donors (Lipinski definition) is 1. The maximum atomic E-state index is 13.4. The van der Waals surface area contributed by atoms with Crippen LogP contribution in [0.15, 0.2) is 42.5 Å². The molecule has 2 aromatic carbocycles. The molecule has 1 heterocycles. The molecule has 1 atom stereocenters. The highest BCUT2D eigenvalue weighted by Crippen LogP contribution is 2.29. The van der Waals surface area contributed by atoms with Gasteiger partial charge in [0, 0.05) is 19.5 Å². The number of rotatable bonds is 6. The highest BCUT2D eigenvalue weighted by atomic mass is 19.2. The molecule has 2 aromatic rings. The van der Waals surface area contributed by atoms with Gasteiger partial charge in [-0.05, 0) is 29.3 Å². The van der Waals surface area contributed by atoms with Crippen molar-refractivity contribution in [2.24, 2.45) is 0 Å². The first-order valence-electron chi connectivity index (χ1n) is 8.13. The summed E-state index contributed by atoms with van der Waals surface area (Å²) < 4.78 is 32.2. The predicted molar refractivity (Wildman–Crippen MR) is 88.6 cm³/mol. The maximum Gasteiger partial charge on any atom is 0.305 e. The number of carboxylic acid groups (broad SMARTS) is 1. The first-order chi connectivity index (χ1) is 12.4. The van der Waals surface area contributed by atoms with Crippen LogP contribution in [-0.2, 0) is 22.6 Å². The Hall–Kier alpha value is -2.96. The van der Waals surface area contributed by atoms with E-state index >= 15 is 0 Å². The smallest absolute Gasteiger partial charge is 0.305 e. The van der Waals surface area contributed by atoms with Crippen molar-refractivity contribution in [3.8, 4) is 5.75 Å². The fraction of sp³-hybridized carbons (Fsp3) is 0.263. The summed E-state index contributed by atoms with van der Waals surface area (Å²) in [7, 11) is 0. The summed E-state index contributed by atoms with van der Waals surface area (Å²) in [5.74, 6) is -2.81. The van der Waals surface area contributed by atoms with Crippen molar-refractivity contribution in [3.63, 3.8) is 0 Å². The second-order valence-corrected chi connectivity index (χ2v) is 6.07. The zero-order valence-electron chi connectivity index (χ0n) is 13.8. The highest BCUT2D eigenvalue weighted by molar-refractivity contribution is 5.83. The van der Waals surface area contributed by atoms with E-state index in [1.54, 1.807) is 12.1 Å². The highest BCUT2D eigenvalue weighted by Gasteiger charge is 2.32. The molecule has 1 aliphatic rings. The molecule has 1 unspecified atom stereocenters. The number of halogens is 2. The van der Waals surface area contributed by atoms with Gasteiger partial charge in [-0.3, -0.25) is 9.59 Å². The molecule has 3 rings (SSSR count). The molecule has 26 heavy (non-hydrogen) atoms. The maximum absolute atomic E-state index is 13.4. The van der Waals surface area contributed by atoms with Gasteiger partial charge in [0.05, 0.1) is 6.42 Å². The Bertz CT molecular complexity index is 815. The standard InChI is InChI=1S/C19H17F2NO4/c20-14-6-5-12(9-15(14)21)11-22(8-7-18(23)24)19(25)17-10-13-3-1-2-4-16(13)26-17/h1-6,9,17H,7-8,10-11H2,(H,23,24). The minimum absolute atomic E-state index is 0.0283. The van der Waals surface area contributed by atoms with E-state index in [9.17, 15) is 18.4 Å². The zero-order chi connectivity index (χ0) is 18.7. The van der Waals surface area contributed by atoms with Gasteiger partial charge in [-0.2, -0.15) is 0 Å². The van der Waals surface area contributed by atoms with E-state index in [0.717, 1.165) is 17.7 Å². The summed E-state index contributed by atoms with van der Waals surface area (Å²) in [5, 5.41) is 8.92. The van der Waals surface area contributed by atoms with Crippen LogP contribution in [0.2, 0.25) is 0 Å². The van der Waals surface area contributed by atoms with E-state index < -0.39 is 23.7 Å². The number of amides is 1. The number of aliphatic carboxylic acids is 1. The minimum atomic E-state index is -1.05. The Morgan fingerprint density at radius 1 is 1.15 bits per heavy atom. The summed E-state index contributed by atoms with van der Waals surface area (Å²) in [4.78, 5) is 25.0. The van der Waals surface area contributed by atoms with Gasteiger partial charge in [-0.25, -0.2) is 8.78 Å². The van der Waals surface area contributed by atoms with Gasteiger partial charge < -0.3 is 14.7 Å². The third kappa shape index (κ3) is 3.99. The fourth-order valence-electron chi connectivity index (χ4n) is 2.88. The van der Waals surface area contributed by atoms with Gasteiger partial charge >= 0.3 is 5.97 Å². The molecule has 0 radical (unpaired) electrons. The number of fused-ring (bicyclic) bond motifs is 1. The van der Waals surface area contributed by atoms with Crippen LogP contribution in [0.3, 0.4) is 0 Å². The van der Waals surface area contributed by atoms with Crippen LogP contribution in [0.1, 0.15) is 17.5 Å². The van der Waals surface area contributed by atoms with E-state index in [1.807, 2.05) is 12.1 Å². The minimum Gasteiger partial charge on any atom is -0.481 e. The Morgan fingerprint density at radius 2 is 1.92 bits per heavy atom. The van der Waals surface area contributed by atoms with Crippen LogP contribution in [0.25, 0.3) is 0 Å². The number of ether oxygens (including phenoxy) is 1. The number of carbonyl (C=O) groups excluding carboxylic acids is 1. The van der Waals surface area contributed by atoms with Gasteiger partial charge in [-0.15, -0.1) is 0 Å². The molecule has 1 amide bonds. The summed E-state index contributed by atoms with van der Waals surface area (Å²) in [5.41, 5.74) is 1.27. The molecule has 1 aliphatic heterocycles. The predicted octanol–water partition coefficient (Wildman–Crippen LogP) is 2.77. The van der Waals surface area contributed by atoms with Crippen molar-refractivity contribution in [2.45, 2.75) is 25.5 Å². The number of carboxylic acids is 1. The van der Waals surface area contributed by atoms with Crippen molar-refractivity contribution >= 4 is 11.9 Å². The topological polar surface area (TPSA) is 66.8 Å². The van der Waals surface area contributed by atoms with Crippen LogP contribution in [0, 0.1) is 11.6 Å². The molecule has 0 fully saturated rings. The summed E-state index contributed by atoms with van der Waals surface area (Å²) in [6.07, 6.45) is -0.627. The van der Waals surface area contributed by atoms with Crippen molar-refractivity contribution in [1.29, 1.82) is 0 Å². The summed E-state index contributed by atoms with van der Waals surface area (Å²) >= 11 is 0. The lowest BCUT2D eigenvalue weighted by Crippen LogP contribution is -2.42. The fourth-order valence-corrected chi connectivity index (χ4v) is 2.88. The largest absolute Gasteiger partial charge is 0.481 e. The average molecular weight is 361 g/mol. The first kappa shape index (κ1) is 17.8. The average Bonchev–Trinajstić information content (AvgIpc) is 3.05. The summed E-state index contributed by atoms with van der Waals surface area (Å²) in [6.45, 7) is -0.0805. The lowest BCUT2D eigenvalue weighted by Gasteiger charge is -2.25. The van der Waals surface area contributed by atoms with Gasteiger partial charge in [-0.1, -0.05) is 24.3 Å². The normalized spacial score (nSPS) is 15.2. The lowest BCUT2D eigenvalue weighted by molar-refractivity contribution is -0.141. The van der Waals surface area contributed by atoms with E-state index in [2.05, 4.69) is 0 Å². The molecule has 7 heteroatoms. The van der Waals surface area contributed by atoms with E-state index in [0.29, 0.717) is 17.7 Å². The number of para-hydroxylation sites is 1. The number of benzene rings is 2. The Kier molecular flexibility index (Phi) is 5.16. The van der Waals surface area contributed by atoms with E-state index in [-0.39, 0.29) is 25.4 Å². The van der Waals surface area contributed by atoms with Crippen LogP contribution in [0.5, 0.6) is 5.75 Å². The summed E-state index contributed by atoms with van der Waals surface area (Å²) in [6, 6.07) is 10.6. The number of carbonyl (C=O) groups is 2. The Labute approximate surface area is 148 Å². The van der Waals surface area contributed by atoms with Gasteiger partial charge in [0.25, 0.3) is 5.91 Å². The number of hydrogen-bond acceptors (Lipinski definition) is 3. The van der Waals surface area contributed by atoms with Crippen molar-refractivity contribution in [3.05, 3.63) is 65.2 Å². The molecule has 1 N–H and O–H groups in total. The van der Waals surface area contributed by atoms with Crippen molar-refractivity contribution < 1.29 is 28.2 Å². The SMILES string of the molecule is O=C(O)CCN(Cc1ccc(F)c(F)c1)C(=O)C1Cc2ccccc2O1. The molecule has 0 bridgehead atoms. The zero-order valence-corrected chi connectivity index (χ0v) is 13.8. The second-order valence-electron chi connectivity index (χ2n) is 6.07. The quantitative estimate of drug-likeness (QED) is 0.859. The molecular formula is C19H17F2NO4. The Morgan fingerprint density at radius 3 is 2.62 bits per heavy atom. The molecule has 5 nitrogen and oxygen atoms in total. The molecule has 136 valence electrons. The monoisotopic (exact) mass is 361 g/mol. The number of nitrogens with zero attached hydrogens (tertiary/aromatic N) is 1. The first-order valence-corrected chi connectivity index (χ1v) is 8.13. The van der Waals surface area contributed by atoms with Crippen molar-refractivity contribution in [1.82, 2.24) is 4.90 Å². The molecular weight excluding hydrogens is 344 g/mol. The van der Waals surface area contributed by atoms with Gasteiger partial charge in [0.1, 0.15) is 5.75 Å². The molecule has 0 saturated heterocycles.